The molecule has 0 spiro atoms. The van der Waals surface area contributed by atoms with Crippen LogP contribution in [-0.4, -0.2) is 34.9 Å². The average molecular weight is 772 g/mol. The van der Waals surface area contributed by atoms with Crippen molar-refractivity contribution in [2.24, 2.45) is 0 Å². The number of hydrogen-bond acceptors (Lipinski definition) is 7. The van der Waals surface area contributed by atoms with E-state index in [1.807, 2.05) is 48.5 Å². The van der Waals surface area contributed by atoms with Gasteiger partial charge in [0.15, 0.2) is 29.1 Å². The lowest BCUT2D eigenvalue weighted by Crippen LogP contribution is -2.01. The first-order valence-corrected chi connectivity index (χ1v) is 20.0. The SMILES string of the molecule is C1=CC(c2cc(-c3ccc(-c4ncccn4)cc3)cc(-c3nc(-c4ccccc4)nc(-c4cc(-c5ccccc5)cc(-c5ccc(-c6ncccn6)cc5)c4)n3)c2)=CCC1. The number of aromatic nitrogens is 7. The van der Waals surface area contributed by atoms with E-state index in [1.165, 1.54) is 5.57 Å². The number of hydrogen-bond donors (Lipinski definition) is 0. The Bertz CT molecular complexity index is 2990. The van der Waals surface area contributed by atoms with Crippen LogP contribution in [0.3, 0.4) is 0 Å². The molecule has 0 atom stereocenters. The molecule has 3 aromatic heterocycles. The van der Waals surface area contributed by atoms with Gasteiger partial charge in [-0.1, -0.05) is 127 Å². The lowest BCUT2D eigenvalue weighted by molar-refractivity contribution is 1.04. The molecule has 7 heteroatoms. The minimum Gasteiger partial charge on any atom is -0.237 e. The van der Waals surface area contributed by atoms with Gasteiger partial charge in [-0.15, -0.1) is 0 Å². The Labute approximate surface area is 348 Å². The normalized spacial score (nSPS) is 12.2. The summed E-state index contributed by atoms with van der Waals surface area (Å²) < 4.78 is 0. The quantitative estimate of drug-likeness (QED) is 0.144. The highest BCUT2D eigenvalue weighted by molar-refractivity contribution is 5.84. The smallest absolute Gasteiger partial charge is 0.164 e. The Morgan fingerprint density at radius 3 is 1.12 bits per heavy atom. The van der Waals surface area contributed by atoms with Gasteiger partial charge < -0.3 is 0 Å². The lowest BCUT2D eigenvalue weighted by Gasteiger charge is -2.15. The molecule has 6 aromatic carbocycles. The summed E-state index contributed by atoms with van der Waals surface area (Å²) >= 11 is 0. The van der Waals surface area contributed by atoms with Gasteiger partial charge >= 0.3 is 0 Å². The van der Waals surface area contributed by atoms with E-state index in [0.29, 0.717) is 29.1 Å². The van der Waals surface area contributed by atoms with Crippen LogP contribution in [0.2, 0.25) is 0 Å². The Morgan fingerprint density at radius 2 is 0.650 bits per heavy atom. The van der Waals surface area contributed by atoms with E-state index in [0.717, 1.165) is 79.6 Å². The summed E-state index contributed by atoms with van der Waals surface area (Å²) in [4.78, 5) is 33.5. The van der Waals surface area contributed by atoms with Crippen LogP contribution >= 0.6 is 0 Å². The van der Waals surface area contributed by atoms with Crippen LogP contribution in [0, 0.1) is 0 Å². The molecule has 0 saturated carbocycles. The van der Waals surface area contributed by atoms with Crippen molar-refractivity contribution in [2.45, 2.75) is 12.8 Å². The molecule has 0 bridgehead atoms. The molecule has 10 rings (SSSR count). The molecule has 284 valence electrons. The monoisotopic (exact) mass is 771 g/mol. The number of rotatable bonds is 9. The molecule has 0 N–H and O–H groups in total. The molecule has 0 fully saturated rings. The van der Waals surface area contributed by atoms with Gasteiger partial charge in [-0.3, -0.25) is 0 Å². The summed E-state index contributed by atoms with van der Waals surface area (Å²) in [7, 11) is 0. The zero-order valence-electron chi connectivity index (χ0n) is 32.6. The minimum absolute atomic E-state index is 0.586. The zero-order chi connectivity index (χ0) is 40.1. The Kier molecular flexibility index (Phi) is 9.96. The van der Waals surface area contributed by atoms with Crippen molar-refractivity contribution in [1.82, 2.24) is 34.9 Å². The Morgan fingerprint density at radius 1 is 0.283 bits per heavy atom. The fraction of sp³-hybridized carbons (Fsp3) is 0.0377. The maximum absolute atomic E-state index is 5.30. The van der Waals surface area contributed by atoms with E-state index in [1.54, 1.807) is 24.8 Å². The molecule has 0 aliphatic heterocycles. The molecule has 0 saturated heterocycles. The maximum Gasteiger partial charge on any atom is 0.164 e. The highest BCUT2D eigenvalue weighted by Gasteiger charge is 2.17. The van der Waals surface area contributed by atoms with Gasteiger partial charge in [-0.05, 0) is 106 Å². The third-order valence-electron chi connectivity index (χ3n) is 10.6. The fourth-order valence-electron chi connectivity index (χ4n) is 7.51. The van der Waals surface area contributed by atoms with Crippen LogP contribution in [0.5, 0.6) is 0 Å². The first-order valence-electron chi connectivity index (χ1n) is 20.0. The van der Waals surface area contributed by atoms with Crippen molar-refractivity contribution in [3.8, 4) is 90.3 Å². The van der Waals surface area contributed by atoms with Gasteiger partial charge in [0, 0.05) is 52.6 Å². The van der Waals surface area contributed by atoms with Crippen LogP contribution < -0.4 is 0 Å². The van der Waals surface area contributed by atoms with E-state index >= 15 is 0 Å². The van der Waals surface area contributed by atoms with E-state index in [2.05, 4.69) is 147 Å². The van der Waals surface area contributed by atoms with Gasteiger partial charge in [0.05, 0.1) is 0 Å². The van der Waals surface area contributed by atoms with Crippen molar-refractivity contribution in [2.75, 3.05) is 0 Å². The van der Waals surface area contributed by atoms with Crippen molar-refractivity contribution < 1.29 is 0 Å². The summed E-state index contributed by atoms with van der Waals surface area (Å²) in [6.07, 6.45) is 15.8. The van der Waals surface area contributed by atoms with Crippen LogP contribution in [0.4, 0.5) is 0 Å². The molecule has 9 aromatic rings. The molecular weight excluding hydrogens is 735 g/mol. The van der Waals surface area contributed by atoms with E-state index < -0.39 is 0 Å². The van der Waals surface area contributed by atoms with E-state index in [9.17, 15) is 0 Å². The summed E-state index contributed by atoms with van der Waals surface area (Å²) in [6.45, 7) is 0. The Hall–Kier alpha value is -8.03. The molecule has 0 radical (unpaired) electrons. The van der Waals surface area contributed by atoms with Gasteiger partial charge in [0.2, 0.25) is 0 Å². The summed E-state index contributed by atoms with van der Waals surface area (Å²) in [5, 5.41) is 0. The first-order chi connectivity index (χ1) is 29.7. The highest BCUT2D eigenvalue weighted by Crippen LogP contribution is 2.36. The van der Waals surface area contributed by atoms with Gasteiger partial charge in [-0.2, -0.15) is 0 Å². The fourth-order valence-corrected chi connectivity index (χ4v) is 7.51. The average Bonchev–Trinajstić information content (AvgIpc) is 3.35. The molecule has 0 amide bonds. The van der Waals surface area contributed by atoms with Crippen LogP contribution in [0.1, 0.15) is 18.4 Å². The maximum atomic E-state index is 5.30. The first kappa shape index (κ1) is 36.3. The highest BCUT2D eigenvalue weighted by atomic mass is 15.0. The molecule has 0 unspecified atom stereocenters. The second kappa shape index (κ2) is 16.4. The van der Waals surface area contributed by atoms with Crippen molar-refractivity contribution in [3.63, 3.8) is 0 Å². The van der Waals surface area contributed by atoms with Crippen LogP contribution in [-0.2, 0) is 0 Å². The predicted molar refractivity (Wildman–Crippen MR) is 241 cm³/mol. The number of allylic oxidation sites excluding steroid dienone is 4. The van der Waals surface area contributed by atoms with Gasteiger partial charge in [0.25, 0.3) is 0 Å². The standard InChI is InChI=1S/C53H37N7/c1-4-12-36(13-5-1)43-30-45(38-18-22-41(23-19-38)49-54-26-10-27-55-49)34-47(32-43)52-58-51(40-16-8-3-9-17-40)59-53(60-52)48-33-44(37-14-6-2-7-15-37)31-46(35-48)39-20-24-42(25-21-39)50-56-28-11-29-57-50/h1,3-6,8-35H,2,7H2. The van der Waals surface area contributed by atoms with Crippen LogP contribution in [0.15, 0.2) is 201 Å². The predicted octanol–water partition coefficient (Wildman–Crippen LogP) is 12.5. The summed E-state index contributed by atoms with van der Waals surface area (Å²) in [6, 6.07) is 54.2. The molecule has 7 nitrogen and oxygen atoms in total. The number of nitrogens with zero attached hydrogens (tertiary/aromatic N) is 7. The summed E-state index contributed by atoms with van der Waals surface area (Å²) in [5.74, 6) is 3.17. The lowest BCUT2D eigenvalue weighted by atomic mass is 9.93. The van der Waals surface area contributed by atoms with Crippen molar-refractivity contribution in [1.29, 1.82) is 0 Å². The van der Waals surface area contributed by atoms with E-state index in [-0.39, 0.29) is 0 Å². The molecule has 1 aliphatic rings. The molecule has 3 heterocycles. The third-order valence-corrected chi connectivity index (χ3v) is 10.6. The summed E-state index contributed by atoms with van der Waals surface area (Å²) in [5.41, 5.74) is 13.3. The number of benzene rings is 6. The zero-order valence-corrected chi connectivity index (χ0v) is 32.6. The van der Waals surface area contributed by atoms with E-state index in [4.69, 9.17) is 15.0 Å². The second-order valence-electron chi connectivity index (χ2n) is 14.6. The second-order valence-corrected chi connectivity index (χ2v) is 14.6. The van der Waals surface area contributed by atoms with Crippen molar-refractivity contribution >= 4 is 5.57 Å². The largest absolute Gasteiger partial charge is 0.237 e. The Balaban J connectivity index is 1.13. The van der Waals surface area contributed by atoms with Crippen LogP contribution in [0.25, 0.3) is 95.9 Å². The minimum atomic E-state index is 0.586. The van der Waals surface area contributed by atoms with Gasteiger partial charge in [-0.25, -0.2) is 34.9 Å². The molecular formula is C53H37N7. The van der Waals surface area contributed by atoms with Crippen molar-refractivity contribution in [3.05, 3.63) is 206 Å². The molecule has 60 heavy (non-hydrogen) atoms. The van der Waals surface area contributed by atoms with Gasteiger partial charge in [0.1, 0.15) is 0 Å². The molecule has 1 aliphatic carbocycles. The third kappa shape index (κ3) is 7.80. The topological polar surface area (TPSA) is 90.2 Å².